The van der Waals surface area contributed by atoms with Gasteiger partial charge in [0.05, 0.1) is 6.26 Å². The molecule has 0 heterocycles. The van der Waals surface area contributed by atoms with Crippen molar-refractivity contribution in [2.45, 2.75) is 10.9 Å². The van der Waals surface area contributed by atoms with Crippen molar-refractivity contribution >= 4 is 33.4 Å². The number of hydrogen-bond donors (Lipinski definition) is 1. The molecule has 0 radical (unpaired) electrons. The summed E-state index contributed by atoms with van der Waals surface area (Å²) in [6.45, 7) is 0. The molecule has 2 rings (SSSR count). The highest BCUT2D eigenvalue weighted by Gasteiger charge is 2.30. The minimum atomic E-state index is -3.53. The highest BCUT2D eigenvalue weighted by atomic mass is 32.2. The maximum absolute atomic E-state index is 12.8. The number of sulfonamides is 1. The van der Waals surface area contributed by atoms with Gasteiger partial charge in [0.1, 0.15) is 6.04 Å². The Balaban J connectivity index is 2.34. The number of nitrogens with zero attached hydrogens (tertiary/aromatic N) is 1. The molecule has 1 amide bonds. The van der Waals surface area contributed by atoms with Crippen LogP contribution in [0.4, 0.5) is 5.69 Å². The van der Waals surface area contributed by atoms with Crippen molar-refractivity contribution in [3.05, 3.63) is 60.2 Å². The SMILES string of the molecule is CSc1cccc(NC(=O)C(c2ccccc2)N(C)S(C)(=O)=O)c1. The monoisotopic (exact) mass is 364 g/mol. The van der Waals surface area contributed by atoms with E-state index < -0.39 is 22.0 Å². The van der Waals surface area contributed by atoms with Gasteiger partial charge in [-0.15, -0.1) is 11.8 Å². The van der Waals surface area contributed by atoms with Gasteiger partial charge in [-0.1, -0.05) is 36.4 Å². The van der Waals surface area contributed by atoms with E-state index in [1.807, 2.05) is 30.5 Å². The highest BCUT2D eigenvalue weighted by molar-refractivity contribution is 7.98. The van der Waals surface area contributed by atoms with Crippen LogP contribution in [0.3, 0.4) is 0 Å². The summed E-state index contributed by atoms with van der Waals surface area (Å²) in [7, 11) is -2.12. The van der Waals surface area contributed by atoms with Crippen LogP contribution in [0, 0.1) is 0 Å². The Morgan fingerprint density at radius 2 is 1.79 bits per heavy atom. The molecule has 5 nitrogen and oxygen atoms in total. The van der Waals surface area contributed by atoms with Crippen molar-refractivity contribution in [3.63, 3.8) is 0 Å². The molecule has 2 aromatic carbocycles. The van der Waals surface area contributed by atoms with E-state index in [-0.39, 0.29) is 0 Å². The number of hydrogen-bond acceptors (Lipinski definition) is 4. The Hall–Kier alpha value is -1.83. The van der Waals surface area contributed by atoms with Crippen LogP contribution in [-0.2, 0) is 14.8 Å². The van der Waals surface area contributed by atoms with Crippen LogP contribution in [0.5, 0.6) is 0 Å². The number of carbonyl (C=O) groups excluding carboxylic acids is 1. The predicted octanol–water partition coefficient (Wildman–Crippen LogP) is 2.98. The molecule has 0 aromatic heterocycles. The standard InChI is InChI=1S/C17H20N2O3S2/c1-19(24(3,21)22)16(13-8-5-4-6-9-13)17(20)18-14-10-7-11-15(12-14)23-2/h4-12,16H,1-3H3,(H,18,20). The zero-order chi connectivity index (χ0) is 17.7. The van der Waals surface area contributed by atoms with Crippen LogP contribution < -0.4 is 5.32 Å². The maximum Gasteiger partial charge on any atom is 0.247 e. The molecule has 0 spiro atoms. The Labute approximate surface area is 147 Å². The third-order valence-electron chi connectivity index (χ3n) is 3.59. The highest BCUT2D eigenvalue weighted by Crippen LogP contribution is 2.25. The normalized spacial score (nSPS) is 12.8. The average molecular weight is 364 g/mol. The smallest absolute Gasteiger partial charge is 0.247 e. The lowest BCUT2D eigenvalue weighted by molar-refractivity contribution is -0.119. The van der Waals surface area contributed by atoms with E-state index in [0.29, 0.717) is 11.3 Å². The number of amides is 1. The Kier molecular flexibility index (Phi) is 6.04. The van der Waals surface area contributed by atoms with Gasteiger partial charge in [0.25, 0.3) is 0 Å². The third kappa shape index (κ3) is 4.59. The summed E-state index contributed by atoms with van der Waals surface area (Å²) in [5, 5.41) is 2.81. The summed E-state index contributed by atoms with van der Waals surface area (Å²) in [6, 6.07) is 15.3. The molecule has 128 valence electrons. The van der Waals surface area contributed by atoms with E-state index in [9.17, 15) is 13.2 Å². The third-order valence-corrected chi connectivity index (χ3v) is 5.57. The second-order valence-electron chi connectivity index (χ2n) is 5.31. The Bertz CT molecular complexity index is 808. The number of carbonyl (C=O) groups is 1. The molecular formula is C17H20N2O3S2. The van der Waals surface area contributed by atoms with Crippen LogP contribution in [0.1, 0.15) is 11.6 Å². The van der Waals surface area contributed by atoms with E-state index in [1.165, 1.54) is 7.05 Å². The summed E-state index contributed by atoms with van der Waals surface area (Å²) in [6.07, 6.45) is 3.04. The average Bonchev–Trinajstić information content (AvgIpc) is 2.55. The van der Waals surface area contributed by atoms with Crippen molar-refractivity contribution in [3.8, 4) is 0 Å². The molecule has 0 aliphatic heterocycles. The van der Waals surface area contributed by atoms with E-state index >= 15 is 0 Å². The molecule has 0 fully saturated rings. The van der Waals surface area contributed by atoms with Gasteiger partial charge in [0.2, 0.25) is 15.9 Å². The fourth-order valence-corrected chi connectivity index (χ4v) is 3.32. The summed E-state index contributed by atoms with van der Waals surface area (Å²) in [4.78, 5) is 13.8. The number of likely N-dealkylation sites (N-methyl/N-ethyl adjacent to an activating group) is 1. The number of anilines is 1. The Morgan fingerprint density at radius 1 is 1.12 bits per heavy atom. The number of nitrogens with one attached hydrogen (secondary N) is 1. The second-order valence-corrected chi connectivity index (χ2v) is 8.24. The summed E-state index contributed by atoms with van der Waals surface area (Å²) in [5.74, 6) is -0.396. The van der Waals surface area contributed by atoms with E-state index in [4.69, 9.17) is 0 Å². The van der Waals surface area contributed by atoms with Crippen LogP contribution in [0.2, 0.25) is 0 Å². The zero-order valence-corrected chi connectivity index (χ0v) is 15.4. The zero-order valence-electron chi connectivity index (χ0n) is 13.8. The van der Waals surface area contributed by atoms with Gasteiger partial charge in [-0.05, 0) is 30.0 Å². The Morgan fingerprint density at radius 3 is 2.38 bits per heavy atom. The number of benzene rings is 2. The van der Waals surface area contributed by atoms with Gasteiger partial charge < -0.3 is 5.32 Å². The fraction of sp³-hybridized carbons (Fsp3) is 0.235. The van der Waals surface area contributed by atoms with Gasteiger partial charge in [0, 0.05) is 17.6 Å². The summed E-state index contributed by atoms with van der Waals surface area (Å²) >= 11 is 1.57. The van der Waals surface area contributed by atoms with Crippen LogP contribution >= 0.6 is 11.8 Å². The lowest BCUT2D eigenvalue weighted by Crippen LogP contribution is -2.38. The first kappa shape index (κ1) is 18.5. The van der Waals surface area contributed by atoms with Crippen LogP contribution in [0.15, 0.2) is 59.5 Å². The second kappa shape index (κ2) is 7.83. The molecule has 0 aliphatic carbocycles. The van der Waals surface area contributed by atoms with Gasteiger partial charge >= 0.3 is 0 Å². The molecule has 24 heavy (non-hydrogen) atoms. The minimum Gasteiger partial charge on any atom is -0.324 e. The first-order chi connectivity index (χ1) is 11.3. The van der Waals surface area contributed by atoms with Crippen LogP contribution in [-0.4, -0.2) is 38.2 Å². The molecule has 2 aromatic rings. The molecule has 0 saturated heterocycles. The molecule has 0 aliphatic rings. The molecular weight excluding hydrogens is 344 g/mol. The van der Waals surface area contributed by atoms with Crippen molar-refractivity contribution in [2.75, 3.05) is 24.9 Å². The van der Waals surface area contributed by atoms with Crippen molar-refractivity contribution < 1.29 is 13.2 Å². The molecule has 1 atom stereocenters. The van der Waals surface area contributed by atoms with Crippen molar-refractivity contribution in [2.24, 2.45) is 0 Å². The van der Waals surface area contributed by atoms with Crippen molar-refractivity contribution in [1.29, 1.82) is 0 Å². The van der Waals surface area contributed by atoms with Crippen LogP contribution in [0.25, 0.3) is 0 Å². The largest absolute Gasteiger partial charge is 0.324 e. The van der Waals surface area contributed by atoms with Gasteiger partial charge in [-0.25, -0.2) is 8.42 Å². The first-order valence-electron chi connectivity index (χ1n) is 7.26. The number of rotatable bonds is 6. The molecule has 0 saturated carbocycles. The maximum atomic E-state index is 12.8. The minimum absolute atomic E-state index is 0.396. The molecule has 0 bridgehead atoms. The number of thioether (sulfide) groups is 1. The summed E-state index contributed by atoms with van der Waals surface area (Å²) in [5.41, 5.74) is 1.25. The quantitative estimate of drug-likeness (QED) is 0.800. The lowest BCUT2D eigenvalue weighted by Gasteiger charge is -2.25. The first-order valence-corrected chi connectivity index (χ1v) is 10.3. The molecule has 1 unspecified atom stereocenters. The van der Waals surface area contributed by atoms with E-state index in [2.05, 4.69) is 5.32 Å². The van der Waals surface area contributed by atoms with Gasteiger partial charge in [-0.2, -0.15) is 4.31 Å². The molecule has 7 heteroatoms. The van der Waals surface area contributed by atoms with Gasteiger partial charge in [-0.3, -0.25) is 4.79 Å². The van der Waals surface area contributed by atoms with E-state index in [1.54, 1.807) is 42.1 Å². The van der Waals surface area contributed by atoms with Crippen molar-refractivity contribution in [1.82, 2.24) is 4.31 Å². The predicted molar refractivity (Wildman–Crippen MR) is 98.6 cm³/mol. The molecule has 1 N–H and O–H groups in total. The fourth-order valence-electron chi connectivity index (χ4n) is 2.26. The van der Waals surface area contributed by atoms with E-state index in [0.717, 1.165) is 15.5 Å². The van der Waals surface area contributed by atoms with Gasteiger partial charge in [0.15, 0.2) is 0 Å². The lowest BCUT2D eigenvalue weighted by atomic mass is 10.1. The summed E-state index contributed by atoms with van der Waals surface area (Å²) < 4.78 is 25.0. The topological polar surface area (TPSA) is 66.5 Å².